The number of nitrogens with zero attached hydrogens (tertiary/aromatic N) is 1. The van der Waals surface area contributed by atoms with Crippen LogP contribution in [0.15, 0.2) is 12.8 Å². The first-order valence-electron chi connectivity index (χ1n) is 4.73. The van der Waals surface area contributed by atoms with E-state index in [0.29, 0.717) is 13.2 Å². The molecule has 5 nitrogen and oxygen atoms in total. The molecule has 5 heteroatoms. The summed E-state index contributed by atoms with van der Waals surface area (Å²) in [5.74, 6) is 0. The van der Waals surface area contributed by atoms with Crippen molar-refractivity contribution in [2.45, 2.75) is 26.7 Å². The van der Waals surface area contributed by atoms with E-state index in [1.54, 1.807) is 0 Å². The smallest absolute Gasteiger partial charge is 0.311 e. The average Bonchev–Trinajstić information content (AvgIpc) is 2.18. The summed E-state index contributed by atoms with van der Waals surface area (Å²) >= 11 is 0. The lowest BCUT2D eigenvalue weighted by molar-refractivity contribution is -0.326. The van der Waals surface area contributed by atoms with Crippen molar-refractivity contribution in [1.29, 1.82) is 0 Å². The predicted octanol–water partition coefficient (Wildman–Crippen LogP) is 1.82. The molecular weight excluding hydrogens is 184 g/mol. The van der Waals surface area contributed by atoms with E-state index < -0.39 is 6.03 Å². The summed E-state index contributed by atoms with van der Waals surface area (Å²) in [6.07, 6.45) is 2.90. The molecule has 0 aliphatic heterocycles. The Labute approximate surface area is 84.6 Å². The maximum absolute atomic E-state index is 11.2. The molecule has 0 bridgehead atoms. The maximum Gasteiger partial charge on any atom is 0.370 e. The standard InChI is InChI=1S/C9H18N2O3/c1-4-7-13-11(14-8-5-2)9(12)10-6-3/h6H,3-5,7-8H2,1-2H3,(H,10,12). The second kappa shape index (κ2) is 8.52. The van der Waals surface area contributed by atoms with Crippen molar-refractivity contribution >= 4 is 6.03 Å². The zero-order valence-electron chi connectivity index (χ0n) is 8.78. The van der Waals surface area contributed by atoms with Crippen LogP contribution in [0, 0.1) is 0 Å². The first-order valence-corrected chi connectivity index (χ1v) is 4.73. The third kappa shape index (κ3) is 5.55. The topological polar surface area (TPSA) is 50.8 Å². The van der Waals surface area contributed by atoms with Crippen LogP contribution in [0.1, 0.15) is 26.7 Å². The largest absolute Gasteiger partial charge is 0.370 e. The summed E-state index contributed by atoms with van der Waals surface area (Å²) in [6.45, 7) is 8.15. The van der Waals surface area contributed by atoms with Gasteiger partial charge < -0.3 is 5.32 Å². The molecule has 2 amide bonds. The summed E-state index contributed by atoms with van der Waals surface area (Å²) in [5, 5.41) is 3.22. The molecule has 0 fully saturated rings. The molecule has 0 aliphatic carbocycles. The number of hydrogen-bond acceptors (Lipinski definition) is 3. The van der Waals surface area contributed by atoms with Crippen LogP contribution in [0.25, 0.3) is 0 Å². The normalized spacial score (nSPS) is 9.57. The summed E-state index contributed by atoms with van der Waals surface area (Å²) in [6, 6.07) is -0.470. The number of rotatable bonds is 7. The molecule has 1 N–H and O–H groups in total. The Morgan fingerprint density at radius 3 is 2.21 bits per heavy atom. The van der Waals surface area contributed by atoms with E-state index >= 15 is 0 Å². The van der Waals surface area contributed by atoms with Crippen LogP contribution in [0.3, 0.4) is 0 Å². The van der Waals surface area contributed by atoms with Crippen LogP contribution < -0.4 is 5.32 Å². The molecule has 0 saturated carbocycles. The molecule has 82 valence electrons. The lowest BCUT2D eigenvalue weighted by atomic mass is 10.5. The van der Waals surface area contributed by atoms with Gasteiger partial charge in [0.2, 0.25) is 0 Å². The van der Waals surface area contributed by atoms with Crippen LogP contribution in [0.4, 0.5) is 4.79 Å². The number of amides is 2. The van der Waals surface area contributed by atoms with Gasteiger partial charge in [-0.05, 0) is 19.0 Å². The molecule has 0 rings (SSSR count). The van der Waals surface area contributed by atoms with Gasteiger partial charge in [0.05, 0.1) is 13.2 Å². The summed E-state index contributed by atoms with van der Waals surface area (Å²) < 4.78 is 0. The van der Waals surface area contributed by atoms with Crippen molar-refractivity contribution in [3.8, 4) is 0 Å². The van der Waals surface area contributed by atoms with Gasteiger partial charge in [-0.1, -0.05) is 25.7 Å². The second-order valence-electron chi connectivity index (χ2n) is 2.58. The van der Waals surface area contributed by atoms with E-state index in [-0.39, 0.29) is 0 Å². The van der Waals surface area contributed by atoms with Crippen molar-refractivity contribution in [3.05, 3.63) is 12.8 Å². The molecule has 0 aromatic rings. The molecule has 0 unspecified atom stereocenters. The van der Waals surface area contributed by atoms with Gasteiger partial charge in [-0.3, -0.25) is 0 Å². The lowest BCUT2D eigenvalue weighted by Crippen LogP contribution is -2.38. The van der Waals surface area contributed by atoms with E-state index in [0.717, 1.165) is 18.1 Å². The Kier molecular flexibility index (Phi) is 7.87. The highest BCUT2D eigenvalue weighted by Gasteiger charge is 2.13. The number of hydrogen-bond donors (Lipinski definition) is 1. The minimum Gasteiger partial charge on any atom is -0.311 e. The van der Waals surface area contributed by atoms with Crippen LogP contribution in [0.5, 0.6) is 0 Å². The third-order valence-electron chi connectivity index (χ3n) is 1.22. The predicted molar refractivity (Wildman–Crippen MR) is 53.1 cm³/mol. The third-order valence-corrected chi connectivity index (χ3v) is 1.22. The van der Waals surface area contributed by atoms with E-state index in [4.69, 9.17) is 9.68 Å². The summed E-state index contributed by atoms with van der Waals surface area (Å²) in [5.41, 5.74) is 0. The van der Waals surface area contributed by atoms with Crippen molar-refractivity contribution in [2.75, 3.05) is 13.2 Å². The first-order chi connectivity index (χ1) is 6.76. The van der Waals surface area contributed by atoms with Crippen LogP contribution in [-0.4, -0.2) is 24.5 Å². The fraction of sp³-hybridized carbons (Fsp3) is 0.667. The highest BCUT2D eigenvalue weighted by molar-refractivity contribution is 5.72. The van der Waals surface area contributed by atoms with E-state index in [1.165, 1.54) is 6.20 Å². The lowest BCUT2D eigenvalue weighted by Gasteiger charge is -2.19. The Morgan fingerprint density at radius 2 is 1.86 bits per heavy atom. The van der Waals surface area contributed by atoms with Crippen LogP contribution in [0.2, 0.25) is 0 Å². The number of nitrogens with one attached hydrogen (secondary N) is 1. The zero-order valence-corrected chi connectivity index (χ0v) is 8.78. The van der Waals surface area contributed by atoms with Crippen molar-refractivity contribution < 1.29 is 14.5 Å². The SMILES string of the molecule is C=CNC(=O)N(OCCC)OCCC. The number of carbonyl (C=O) groups excluding carboxylic acids is 1. The van der Waals surface area contributed by atoms with E-state index in [9.17, 15) is 4.79 Å². The second-order valence-corrected chi connectivity index (χ2v) is 2.58. The average molecular weight is 202 g/mol. The van der Waals surface area contributed by atoms with Gasteiger partial charge in [-0.2, -0.15) is 0 Å². The van der Waals surface area contributed by atoms with Crippen molar-refractivity contribution in [2.24, 2.45) is 0 Å². The van der Waals surface area contributed by atoms with Gasteiger partial charge in [-0.15, -0.1) is 0 Å². The number of carbonyl (C=O) groups is 1. The number of urea groups is 1. The van der Waals surface area contributed by atoms with Gasteiger partial charge in [0.15, 0.2) is 0 Å². The summed E-state index contributed by atoms with van der Waals surface area (Å²) in [4.78, 5) is 21.4. The Hall–Kier alpha value is -1.07. The van der Waals surface area contributed by atoms with Gasteiger partial charge in [0.1, 0.15) is 0 Å². The highest BCUT2D eigenvalue weighted by Crippen LogP contribution is 1.96. The van der Waals surface area contributed by atoms with E-state index in [1.807, 2.05) is 13.8 Å². The first kappa shape index (κ1) is 12.9. The maximum atomic E-state index is 11.2. The minimum atomic E-state index is -0.470. The van der Waals surface area contributed by atoms with Gasteiger partial charge in [0, 0.05) is 0 Å². The molecule has 0 radical (unpaired) electrons. The van der Waals surface area contributed by atoms with Crippen LogP contribution >= 0.6 is 0 Å². The molecule has 0 heterocycles. The van der Waals surface area contributed by atoms with Gasteiger partial charge in [0.25, 0.3) is 0 Å². The van der Waals surface area contributed by atoms with Crippen molar-refractivity contribution in [1.82, 2.24) is 10.5 Å². The minimum absolute atomic E-state index is 0.439. The number of hydroxylamine groups is 2. The molecule has 0 atom stereocenters. The molecule has 0 saturated heterocycles. The van der Waals surface area contributed by atoms with Crippen LogP contribution in [-0.2, 0) is 9.68 Å². The molecule has 14 heavy (non-hydrogen) atoms. The Morgan fingerprint density at radius 1 is 1.36 bits per heavy atom. The van der Waals surface area contributed by atoms with Crippen molar-refractivity contribution in [3.63, 3.8) is 0 Å². The van der Waals surface area contributed by atoms with E-state index in [2.05, 4.69) is 11.9 Å². The molecule has 0 aromatic carbocycles. The molecule has 0 spiro atoms. The fourth-order valence-corrected chi connectivity index (χ4v) is 0.643. The zero-order chi connectivity index (χ0) is 10.8. The Balaban J connectivity index is 3.93. The summed E-state index contributed by atoms with van der Waals surface area (Å²) in [7, 11) is 0. The van der Waals surface area contributed by atoms with Gasteiger partial charge in [-0.25, -0.2) is 14.5 Å². The van der Waals surface area contributed by atoms with Gasteiger partial charge >= 0.3 is 6.03 Å². The fourth-order valence-electron chi connectivity index (χ4n) is 0.643. The Bertz CT molecular complexity index is 165. The monoisotopic (exact) mass is 202 g/mol. The molecular formula is C9H18N2O3. The highest BCUT2D eigenvalue weighted by atomic mass is 17.0. The molecule has 0 aliphatic rings. The molecule has 0 aromatic heterocycles. The quantitative estimate of drug-likeness (QED) is 0.641.